The minimum absolute atomic E-state index is 0.0754. The van der Waals surface area contributed by atoms with Crippen molar-refractivity contribution in [1.29, 1.82) is 0 Å². The van der Waals surface area contributed by atoms with Gasteiger partial charge in [-0.1, -0.05) is 62.2 Å². The predicted octanol–water partition coefficient (Wildman–Crippen LogP) is 4.20. The van der Waals surface area contributed by atoms with Crippen LogP contribution in [0.2, 0.25) is 0 Å². The summed E-state index contributed by atoms with van der Waals surface area (Å²) < 4.78 is 5.30. The fourth-order valence-electron chi connectivity index (χ4n) is 3.46. The number of aryl methyl sites for hydroxylation is 1. The zero-order valence-electron chi connectivity index (χ0n) is 14.0. The molecule has 4 heteroatoms. The minimum Gasteiger partial charge on any atom is -0.360 e. The first-order chi connectivity index (χ1) is 11.1. The lowest BCUT2D eigenvalue weighted by atomic mass is 9.78. The quantitative estimate of drug-likeness (QED) is 0.924. The van der Waals surface area contributed by atoms with Gasteiger partial charge in [-0.25, -0.2) is 0 Å². The third-order valence-electron chi connectivity index (χ3n) is 5.16. The largest absolute Gasteiger partial charge is 0.360 e. The Balaban J connectivity index is 1.84. The Bertz CT molecular complexity index is 678. The van der Waals surface area contributed by atoms with Crippen LogP contribution >= 0.6 is 0 Å². The highest BCUT2D eigenvalue weighted by molar-refractivity contribution is 6.00. The van der Waals surface area contributed by atoms with E-state index in [9.17, 15) is 4.79 Å². The van der Waals surface area contributed by atoms with E-state index < -0.39 is 0 Å². The number of benzene rings is 1. The molecule has 0 unspecified atom stereocenters. The standard InChI is InChI=1S/C19H24N2O2/c1-12-8-7-11-16(13(12)2)20-19(22)17-14(3)23-21-18(17)15-9-5-4-6-10-15/h4-6,9-10,12-13,16H,7-8,11H2,1-3H3,(H,20,22)/t12-,13-,16+/m0/s1. The molecule has 23 heavy (non-hydrogen) atoms. The van der Waals surface area contributed by atoms with Crippen molar-refractivity contribution in [3.8, 4) is 11.3 Å². The van der Waals surface area contributed by atoms with E-state index in [-0.39, 0.29) is 11.9 Å². The van der Waals surface area contributed by atoms with Crippen molar-refractivity contribution in [3.63, 3.8) is 0 Å². The van der Waals surface area contributed by atoms with Crippen LogP contribution in [-0.2, 0) is 0 Å². The lowest BCUT2D eigenvalue weighted by molar-refractivity contribution is 0.0890. The van der Waals surface area contributed by atoms with Gasteiger partial charge in [0.15, 0.2) is 0 Å². The minimum atomic E-state index is -0.0754. The number of amides is 1. The molecular weight excluding hydrogens is 288 g/mol. The smallest absolute Gasteiger partial charge is 0.257 e. The Morgan fingerprint density at radius 3 is 2.70 bits per heavy atom. The lowest BCUT2D eigenvalue weighted by Gasteiger charge is -2.34. The van der Waals surface area contributed by atoms with Crippen LogP contribution in [-0.4, -0.2) is 17.1 Å². The molecule has 4 nitrogen and oxygen atoms in total. The molecule has 1 N–H and O–H groups in total. The van der Waals surface area contributed by atoms with Gasteiger partial charge < -0.3 is 9.84 Å². The van der Waals surface area contributed by atoms with Gasteiger partial charge in [0.2, 0.25) is 0 Å². The molecule has 3 rings (SSSR count). The molecule has 1 aromatic carbocycles. The third-order valence-corrected chi connectivity index (χ3v) is 5.16. The highest BCUT2D eigenvalue weighted by Crippen LogP contribution is 2.31. The molecule has 1 fully saturated rings. The Labute approximate surface area is 137 Å². The van der Waals surface area contributed by atoms with Crippen LogP contribution in [0.3, 0.4) is 0 Å². The summed E-state index contributed by atoms with van der Waals surface area (Å²) in [5.41, 5.74) is 2.08. The summed E-state index contributed by atoms with van der Waals surface area (Å²) in [5.74, 6) is 1.63. The maximum atomic E-state index is 12.8. The number of carbonyl (C=O) groups excluding carboxylic acids is 1. The molecule has 0 saturated heterocycles. The Morgan fingerprint density at radius 2 is 1.96 bits per heavy atom. The molecule has 1 amide bonds. The molecular formula is C19H24N2O2. The van der Waals surface area contributed by atoms with Crippen molar-refractivity contribution in [2.45, 2.75) is 46.1 Å². The van der Waals surface area contributed by atoms with E-state index >= 15 is 0 Å². The second kappa shape index (κ2) is 6.57. The van der Waals surface area contributed by atoms with Crippen molar-refractivity contribution in [2.24, 2.45) is 11.8 Å². The summed E-state index contributed by atoms with van der Waals surface area (Å²) in [6.07, 6.45) is 3.46. The van der Waals surface area contributed by atoms with Crippen molar-refractivity contribution < 1.29 is 9.32 Å². The van der Waals surface area contributed by atoms with Gasteiger partial charge in [-0.05, 0) is 25.2 Å². The summed E-state index contributed by atoms with van der Waals surface area (Å²) in [4.78, 5) is 12.8. The first-order valence-electron chi connectivity index (χ1n) is 8.40. The number of rotatable bonds is 3. The molecule has 3 atom stereocenters. The van der Waals surface area contributed by atoms with E-state index in [0.717, 1.165) is 12.0 Å². The Kier molecular flexibility index (Phi) is 4.51. The van der Waals surface area contributed by atoms with E-state index in [0.29, 0.717) is 28.9 Å². The topological polar surface area (TPSA) is 55.1 Å². The molecule has 0 aliphatic heterocycles. The van der Waals surface area contributed by atoms with Crippen LogP contribution in [0.1, 0.15) is 49.2 Å². The summed E-state index contributed by atoms with van der Waals surface area (Å²) in [5, 5.41) is 7.31. The molecule has 122 valence electrons. The normalized spacial score (nSPS) is 24.4. The van der Waals surface area contributed by atoms with Gasteiger partial charge in [-0.2, -0.15) is 0 Å². The second-order valence-electron chi connectivity index (χ2n) is 6.68. The zero-order chi connectivity index (χ0) is 16.4. The average Bonchev–Trinajstić information content (AvgIpc) is 2.94. The van der Waals surface area contributed by atoms with Gasteiger partial charge >= 0.3 is 0 Å². The first-order valence-corrected chi connectivity index (χ1v) is 8.40. The average molecular weight is 312 g/mol. The summed E-state index contributed by atoms with van der Waals surface area (Å²) in [6.45, 7) is 6.29. The van der Waals surface area contributed by atoms with Crippen LogP contribution in [0.25, 0.3) is 11.3 Å². The molecule has 1 aliphatic rings. The highest BCUT2D eigenvalue weighted by Gasteiger charge is 2.30. The van der Waals surface area contributed by atoms with Gasteiger partial charge in [-0.3, -0.25) is 4.79 Å². The monoisotopic (exact) mass is 312 g/mol. The molecule has 1 saturated carbocycles. The molecule has 2 aromatic rings. The van der Waals surface area contributed by atoms with Gasteiger partial charge in [0.1, 0.15) is 17.0 Å². The van der Waals surface area contributed by atoms with E-state index in [1.807, 2.05) is 30.3 Å². The molecule has 0 bridgehead atoms. The maximum Gasteiger partial charge on any atom is 0.257 e. The van der Waals surface area contributed by atoms with Crippen molar-refractivity contribution in [3.05, 3.63) is 41.7 Å². The van der Waals surface area contributed by atoms with Gasteiger partial charge in [-0.15, -0.1) is 0 Å². The number of nitrogens with zero attached hydrogens (tertiary/aromatic N) is 1. The van der Waals surface area contributed by atoms with E-state index in [4.69, 9.17) is 4.52 Å². The van der Waals surface area contributed by atoms with E-state index in [2.05, 4.69) is 24.3 Å². The second-order valence-corrected chi connectivity index (χ2v) is 6.68. The summed E-state index contributed by atoms with van der Waals surface area (Å²) in [6, 6.07) is 9.93. The number of carbonyl (C=O) groups is 1. The lowest BCUT2D eigenvalue weighted by Crippen LogP contribution is -2.43. The van der Waals surface area contributed by atoms with Crippen LogP contribution < -0.4 is 5.32 Å². The summed E-state index contributed by atoms with van der Waals surface area (Å²) >= 11 is 0. The van der Waals surface area contributed by atoms with Gasteiger partial charge in [0.05, 0.1) is 0 Å². The zero-order valence-corrected chi connectivity index (χ0v) is 14.0. The van der Waals surface area contributed by atoms with E-state index in [1.54, 1.807) is 6.92 Å². The third kappa shape index (κ3) is 3.16. The number of aromatic nitrogens is 1. The Hall–Kier alpha value is -2.10. The van der Waals surface area contributed by atoms with Crippen LogP contribution in [0.5, 0.6) is 0 Å². The van der Waals surface area contributed by atoms with Crippen LogP contribution in [0.15, 0.2) is 34.9 Å². The molecule has 1 heterocycles. The number of nitrogens with one attached hydrogen (secondary N) is 1. The fraction of sp³-hybridized carbons (Fsp3) is 0.474. The maximum absolute atomic E-state index is 12.8. The SMILES string of the molecule is Cc1onc(-c2ccccc2)c1C(=O)N[C@@H]1CCC[C@H](C)[C@@H]1C. The number of hydrogen-bond donors (Lipinski definition) is 1. The van der Waals surface area contributed by atoms with Crippen LogP contribution in [0, 0.1) is 18.8 Å². The predicted molar refractivity (Wildman–Crippen MR) is 90.1 cm³/mol. The molecule has 1 aliphatic carbocycles. The molecule has 1 aromatic heterocycles. The molecule has 0 spiro atoms. The highest BCUT2D eigenvalue weighted by atomic mass is 16.5. The van der Waals surface area contributed by atoms with Crippen molar-refractivity contribution in [1.82, 2.24) is 10.5 Å². The van der Waals surface area contributed by atoms with Gasteiger partial charge in [0, 0.05) is 11.6 Å². The number of hydrogen-bond acceptors (Lipinski definition) is 3. The van der Waals surface area contributed by atoms with Crippen LogP contribution in [0.4, 0.5) is 0 Å². The fourth-order valence-corrected chi connectivity index (χ4v) is 3.46. The summed E-state index contributed by atoms with van der Waals surface area (Å²) in [7, 11) is 0. The van der Waals surface area contributed by atoms with Crippen molar-refractivity contribution in [2.75, 3.05) is 0 Å². The van der Waals surface area contributed by atoms with Crippen molar-refractivity contribution >= 4 is 5.91 Å². The van der Waals surface area contributed by atoms with Gasteiger partial charge in [0.25, 0.3) is 5.91 Å². The first kappa shape index (κ1) is 15.8. The molecule has 0 radical (unpaired) electrons. The van der Waals surface area contributed by atoms with E-state index in [1.165, 1.54) is 12.8 Å². The Morgan fingerprint density at radius 1 is 1.22 bits per heavy atom.